The van der Waals surface area contributed by atoms with Gasteiger partial charge in [0.25, 0.3) is 0 Å². The highest BCUT2D eigenvalue weighted by molar-refractivity contribution is 7.89. The molecule has 0 spiro atoms. The maximum Gasteiger partial charge on any atom is 0.243 e. The molecule has 0 N–H and O–H groups in total. The third-order valence-corrected chi connectivity index (χ3v) is 6.51. The van der Waals surface area contributed by atoms with Crippen molar-refractivity contribution >= 4 is 10.0 Å². The van der Waals surface area contributed by atoms with Crippen molar-refractivity contribution in [3.8, 4) is 0 Å². The summed E-state index contributed by atoms with van der Waals surface area (Å²) in [5.41, 5.74) is 1.93. The monoisotopic (exact) mass is 309 g/mol. The van der Waals surface area contributed by atoms with Gasteiger partial charge in [-0.1, -0.05) is 17.7 Å². The van der Waals surface area contributed by atoms with Crippen molar-refractivity contribution in [2.45, 2.75) is 56.5 Å². The first kappa shape index (κ1) is 15.0. The van der Waals surface area contributed by atoms with E-state index < -0.39 is 10.0 Å². The minimum Gasteiger partial charge on any atom is -0.381 e. The SMILES string of the molecule is Cc1ccc(S(=O)(=O)N(C2CCOCC2)C2CC2)c(C)c1. The Hall–Kier alpha value is -0.910. The number of nitrogens with zero attached hydrogens (tertiary/aromatic N) is 1. The fourth-order valence-corrected chi connectivity index (χ4v) is 5.30. The fourth-order valence-electron chi connectivity index (χ4n) is 3.16. The van der Waals surface area contributed by atoms with E-state index in [0.717, 1.165) is 36.8 Å². The van der Waals surface area contributed by atoms with Gasteiger partial charge in [-0.3, -0.25) is 0 Å². The van der Waals surface area contributed by atoms with Crippen LogP contribution in [-0.2, 0) is 14.8 Å². The first-order chi connectivity index (χ1) is 10.00. The Morgan fingerprint density at radius 2 is 1.67 bits per heavy atom. The molecule has 1 aromatic rings. The van der Waals surface area contributed by atoms with Gasteiger partial charge in [0.05, 0.1) is 4.90 Å². The van der Waals surface area contributed by atoms with E-state index in [4.69, 9.17) is 4.74 Å². The summed E-state index contributed by atoms with van der Waals surface area (Å²) in [6.45, 7) is 5.20. The quantitative estimate of drug-likeness (QED) is 0.859. The molecule has 0 aromatic heterocycles. The first-order valence-corrected chi connectivity index (χ1v) is 9.12. The van der Waals surface area contributed by atoms with Crippen LogP contribution in [0.25, 0.3) is 0 Å². The summed E-state index contributed by atoms with van der Waals surface area (Å²) in [7, 11) is -3.41. The molecule has 1 heterocycles. The highest BCUT2D eigenvalue weighted by Crippen LogP contribution is 2.37. The van der Waals surface area contributed by atoms with Gasteiger partial charge in [0.1, 0.15) is 0 Å². The van der Waals surface area contributed by atoms with Gasteiger partial charge < -0.3 is 4.74 Å². The third kappa shape index (κ3) is 3.00. The molecular formula is C16H23NO3S. The highest BCUT2D eigenvalue weighted by atomic mass is 32.2. The van der Waals surface area contributed by atoms with Crippen molar-refractivity contribution in [3.63, 3.8) is 0 Å². The molecule has 0 radical (unpaired) electrons. The molecule has 5 heteroatoms. The molecule has 0 bridgehead atoms. The Morgan fingerprint density at radius 1 is 1.05 bits per heavy atom. The summed E-state index contributed by atoms with van der Waals surface area (Å²) in [6.07, 6.45) is 3.59. The second-order valence-corrected chi connectivity index (χ2v) is 7.99. The summed E-state index contributed by atoms with van der Waals surface area (Å²) in [4.78, 5) is 0.464. The van der Waals surface area contributed by atoms with E-state index in [1.165, 1.54) is 0 Å². The Kier molecular flexibility index (Phi) is 4.08. The van der Waals surface area contributed by atoms with Crippen LogP contribution in [-0.4, -0.2) is 38.0 Å². The normalized spacial score (nSPS) is 20.9. The van der Waals surface area contributed by atoms with Crippen molar-refractivity contribution < 1.29 is 13.2 Å². The van der Waals surface area contributed by atoms with Crippen molar-refractivity contribution in [3.05, 3.63) is 29.3 Å². The number of aryl methyl sites for hydroxylation is 2. The standard InChI is InChI=1S/C16H23NO3S/c1-12-3-6-16(13(2)11-12)21(18,19)17(14-4-5-14)15-7-9-20-10-8-15/h3,6,11,14-15H,4-5,7-10H2,1-2H3. The molecule has 21 heavy (non-hydrogen) atoms. The average Bonchev–Trinajstić information content (AvgIpc) is 3.24. The molecule has 1 aliphatic carbocycles. The number of sulfonamides is 1. The summed E-state index contributed by atoms with van der Waals surface area (Å²) in [6, 6.07) is 5.88. The average molecular weight is 309 g/mol. The van der Waals surface area contributed by atoms with Gasteiger partial charge in [0.2, 0.25) is 10.0 Å². The molecular weight excluding hydrogens is 286 g/mol. The van der Waals surface area contributed by atoms with Crippen LogP contribution in [0.5, 0.6) is 0 Å². The Morgan fingerprint density at radius 3 is 2.24 bits per heavy atom. The highest BCUT2D eigenvalue weighted by Gasteiger charge is 2.43. The molecule has 4 nitrogen and oxygen atoms in total. The molecule has 3 rings (SSSR count). The minimum absolute atomic E-state index is 0.0944. The topological polar surface area (TPSA) is 46.6 Å². The van der Waals surface area contributed by atoms with Crippen LogP contribution in [0, 0.1) is 13.8 Å². The summed E-state index contributed by atoms with van der Waals surface area (Å²) in [5, 5.41) is 0. The lowest BCUT2D eigenvalue weighted by Gasteiger charge is -2.33. The summed E-state index contributed by atoms with van der Waals surface area (Å²) < 4.78 is 33.4. The van der Waals surface area contributed by atoms with Crippen LogP contribution < -0.4 is 0 Å². The summed E-state index contributed by atoms with van der Waals surface area (Å²) >= 11 is 0. The van der Waals surface area contributed by atoms with Crippen LogP contribution in [0.15, 0.2) is 23.1 Å². The van der Waals surface area contributed by atoms with Crippen LogP contribution >= 0.6 is 0 Å². The van der Waals surface area contributed by atoms with Gasteiger partial charge >= 0.3 is 0 Å². The van der Waals surface area contributed by atoms with E-state index in [1.54, 1.807) is 10.4 Å². The smallest absolute Gasteiger partial charge is 0.243 e. The van der Waals surface area contributed by atoms with E-state index in [0.29, 0.717) is 18.1 Å². The molecule has 0 atom stereocenters. The van der Waals surface area contributed by atoms with Gasteiger partial charge in [-0.15, -0.1) is 0 Å². The van der Waals surface area contributed by atoms with Crippen molar-refractivity contribution in [1.29, 1.82) is 0 Å². The molecule has 1 aliphatic heterocycles. The molecule has 0 unspecified atom stereocenters. The van der Waals surface area contributed by atoms with Crippen molar-refractivity contribution in [2.24, 2.45) is 0 Å². The number of hydrogen-bond acceptors (Lipinski definition) is 3. The summed E-state index contributed by atoms with van der Waals surface area (Å²) in [5.74, 6) is 0. The van der Waals surface area contributed by atoms with Gasteiger partial charge in [-0.2, -0.15) is 4.31 Å². The zero-order chi connectivity index (χ0) is 15.0. The Labute approximate surface area is 127 Å². The molecule has 1 aromatic carbocycles. The van der Waals surface area contributed by atoms with E-state index >= 15 is 0 Å². The van der Waals surface area contributed by atoms with Gasteiger partial charge in [-0.05, 0) is 51.2 Å². The largest absolute Gasteiger partial charge is 0.381 e. The number of ether oxygens (including phenoxy) is 1. The molecule has 2 fully saturated rings. The minimum atomic E-state index is -3.41. The second-order valence-electron chi connectivity index (χ2n) is 6.18. The zero-order valence-electron chi connectivity index (χ0n) is 12.7. The van der Waals surface area contributed by atoms with Crippen LogP contribution in [0.1, 0.15) is 36.8 Å². The zero-order valence-corrected chi connectivity index (χ0v) is 13.5. The maximum absolute atomic E-state index is 13.1. The van der Waals surface area contributed by atoms with E-state index in [9.17, 15) is 8.42 Å². The van der Waals surface area contributed by atoms with Crippen molar-refractivity contribution in [1.82, 2.24) is 4.31 Å². The molecule has 116 valence electrons. The first-order valence-electron chi connectivity index (χ1n) is 7.68. The Bertz CT molecular complexity index is 616. The van der Waals surface area contributed by atoms with Gasteiger partial charge in [-0.25, -0.2) is 8.42 Å². The van der Waals surface area contributed by atoms with E-state index in [2.05, 4.69) is 0 Å². The van der Waals surface area contributed by atoms with Gasteiger partial charge in [0, 0.05) is 25.3 Å². The molecule has 2 aliphatic rings. The van der Waals surface area contributed by atoms with Crippen LogP contribution in [0.4, 0.5) is 0 Å². The number of benzene rings is 1. The fraction of sp³-hybridized carbons (Fsp3) is 0.625. The molecule has 0 amide bonds. The van der Waals surface area contributed by atoms with Crippen LogP contribution in [0.2, 0.25) is 0 Å². The second kappa shape index (κ2) is 5.71. The predicted molar refractivity (Wildman–Crippen MR) is 81.8 cm³/mol. The number of hydrogen-bond donors (Lipinski definition) is 0. The van der Waals surface area contributed by atoms with Gasteiger partial charge in [0.15, 0.2) is 0 Å². The van der Waals surface area contributed by atoms with E-state index in [-0.39, 0.29) is 12.1 Å². The molecule has 1 saturated carbocycles. The van der Waals surface area contributed by atoms with Crippen LogP contribution in [0.3, 0.4) is 0 Å². The third-order valence-electron chi connectivity index (χ3n) is 4.34. The lowest BCUT2D eigenvalue weighted by Crippen LogP contribution is -2.44. The lowest BCUT2D eigenvalue weighted by atomic mass is 10.1. The maximum atomic E-state index is 13.1. The number of rotatable bonds is 4. The molecule has 1 saturated heterocycles. The Balaban J connectivity index is 1.96. The van der Waals surface area contributed by atoms with E-state index in [1.807, 2.05) is 26.0 Å². The predicted octanol–water partition coefficient (Wildman–Crippen LogP) is 2.64. The van der Waals surface area contributed by atoms with Crippen molar-refractivity contribution in [2.75, 3.05) is 13.2 Å². The lowest BCUT2D eigenvalue weighted by molar-refractivity contribution is 0.0569.